The SMILES string of the molecule is CNc1cnc2[nH]cc(-c3ccccc3)c2c1. The minimum atomic E-state index is 0.919. The molecule has 3 nitrogen and oxygen atoms in total. The summed E-state index contributed by atoms with van der Waals surface area (Å²) in [5, 5.41) is 4.25. The lowest BCUT2D eigenvalue weighted by molar-refractivity contribution is 1.31. The van der Waals surface area contributed by atoms with Crippen LogP contribution in [0.25, 0.3) is 22.2 Å². The Morgan fingerprint density at radius 2 is 2.00 bits per heavy atom. The van der Waals surface area contributed by atoms with Crippen molar-refractivity contribution in [1.82, 2.24) is 9.97 Å². The van der Waals surface area contributed by atoms with Gasteiger partial charge in [0.05, 0.1) is 11.9 Å². The van der Waals surface area contributed by atoms with Gasteiger partial charge in [-0.1, -0.05) is 30.3 Å². The van der Waals surface area contributed by atoms with Crippen LogP contribution in [-0.4, -0.2) is 17.0 Å². The predicted octanol–water partition coefficient (Wildman–Crippen LogP) is 3.27. The molecule has 17 heavy (non-hydrogen) atoms. The van der Waals surface area contributed by atoms with Crippen molar-refractivity contribution in [2.24, 2.45) is 0 Å². The third kappa shape index (κ3) is 1.65. The number of hydrogen-bond acceptors (Lipinski definition) is 2. The first kappa shape index (κ1) is 9.90. The van der Waals surface area contributed by atoms with E-state index in [1.54, 1.807) is 0 Å². The number of hydrogen-bond donors (Lipinski definition) is 2. The molecule has 0 saturated carbocycles. The first-order valence-corrected chi connectivity index (χ1v) is 5.59. The standard InChI is InChI=1S/C14H13N3/c1-15-11-7-12-13(9-17-14(12)16-8-11)10-5-3-2-4-6-10/h2-9,15H,1H3,(H,16,17). The second kappa shape index (κ2) is 3.94. The number of nitrogens with one attached hydrogen (secondary N) is 2. The first-order chi connectivity index (χ1) is 8.38. The molecule has 0 amide bonds. The number of nitrogens with zero attached hydrogens (tertiary/aromatic N) is 1. The molecule has 84 valence electrons. The minimum absolute atomic E-state index is 0.919. The summed E-state index contributed by atoms with van der Waals surface area (Å²) in [7, 11) is 1.90. The second-order valence-electron chi connectivity index (χ2n) is 3.94. The summed E-state index contributed by atoms with van der Waals surface area (Å²) in [5.41, 5.74) is 4.33. The Morgan fingerprint density at radius 1 is 1.18 bits per heavy atom. The van der Waals surface area contributed by atoms with Crippen molar-refractivity contribution in [1.29, 1.82) is 0 Å². The van der Waals surface area contributed by atoms with Crippen LogP contribution in [0.5, 0.6) is 0 Å². The lowest BCUT2D eigenvalue weighted by Gasteiger charge is -2.01. The summed E-state index contributed by atoms with van der Waals surface area (Å²) in [6.45, 7) is 0. The van der Waals surface area contributed by atoms with E-state index < -0.39 is 0 Å². The van der Waals surface area contributed by atoms with Crippen LogP contribution >= 0.6 is 0 Å². The molecule has 0 radical (unpaired) electrons. The molecule has 0 fully saturated rings. The van der Waals surface area contributed by atoms with E-state index in [0.717, 1.165) is 16.7 Å². The molecule has 2 aromatic heterocycles. The number of fused-ring (bicyclic) bond motifs is 1. The highest BCUT2D eigenvalue weighted by atomic mass is 14.9. The van der Waals surface area contributed by atoms with E-state index in [1.807, 2.05) is 37.6 Å². The molecular weight excluding hydrogens is 210 g/mol. The maximum absolute atomic E-state index is 4.38. The molecule has 0 bridgehead atoms. The largest absolute Gasteiger partial charge is 0.387 e. The van der Waals surface area contributed by atoms with Gasteiger partial charge in [-0.05, 0) is 11.6 Å². The van der Waals surface area contributed by atoms with Gasteiger partial charge in [0.1, 0.15) is 5.65 Å². The molecule has 0 atom stereocenters. The first-order valence-electron chi connectivity index (χ1n) is 5.59. The Morgan fingerprint density at radius 3 is 2.76 bits per heavy atom. The Kier molecular flexibility index (Phi) is 2.29. The van der Waals surface area contributed by atoms with Crippen LogP contribution in [0.3, 0.4) is 0 Å². The second-order valence-corrected chi connectivity index (χ2v) is 3.94. The lowest BCUT2D eigenvalue weighted by atomic mass is 10.1. The van der Waals surface area contributed by atoms with Crippen LogP contribution in [0.15, 0.2) is 48.8 Å². The van der Waals surface area contributed by atoms with Crippen molar-refractivity contribution >= 4 is 16.7 Å². The third-order valence-electron chi connectivity index (χ3n) is 2.90. The van der Waals surface area contributed by atoms with Crippen LogP contribution in [0, 0.1) is 0 Å². The van der Waals surface area contributed by atoms with Crippen molar-refractivity contribution < 1.29 is 0 Å². The van der Waals surface area contributed by atoms with E-state index in [0.29, 0.717) is 0 Å². The third-order valence-corrected chi connectivity index (χ3v) is 2.90. The zero-order valence-corrected chi connectivity index (χ0v) is 9.57. The van der Waals surface area contributed by atoms with Crippen LogP contribution in [-0.2, 0) is 0 Å². The topological polar surface area (TPSA) is 40.7 Å². The number of anilines is 1. The summed E-state index contributed by atoms with van der Waals surface area (Å²) in [6.07, 6.45) is 3.83. The Hall–Kier alpha value is -2.29. The zero-order chi connectivity index (χ0) is 11.7. The summed E-state index contributed by atoms with van der Waals surface area (Å²) in [4.78, 5) is 7.58. The van der Waals surface area contributed by atoms with E-state index in [-0.39, 0.29) is 0 Å². The summed E-state index contributed by atoms with van der Waals surface area (Å²) >= 11 is 0. The molecule has 2 heterocycles. The average Bonchev–Trinajstić information content (AvgIpc) is 2.82. The van der Waals surface area contributed by atoms with Crippen LogP contribution < -0.4 is 5.32 Å². The smallest absolute Gasteiger partial charge is 0.138 e. The van der Waals surface area contributed by atoms with Crippen molar-refractivity contribution in [3.05, 3.63) is 48.8 Å². The van der Waals surface area contributed by atoms with E-state index in [2.05, 4.69) is 33.5 Å². The number of pyridine rings is 1. The Labute approximate surface area is 99.5 Å². The molecule has 2 N–H and O–H groups in total. The molecule has 3 aromatic rings. The van der Waals surface area contributed by atoms with Crippen molar-refractivity contribution in [3.8, 4) is 11.1 Å². The van der Waals surface area contributed by atoms with Gasteiger partial charge in [0.2, 0.25) is 0 Å². The number of rotatable bonds is 2. The van der Waals surface area contributed by atoms with Crippen LogP contribution in [0.4, 0.5) is 5.69 Å². The molecule has 1 aromatic carbocycles. The van der Waals surface area contributed by atoms with Crippen molar-refractivity contribution in [2.45, 2.75) is 0 Å². The van der Waals surface area contributed by atoms with Gasteiger partial charge in [-0.3, -0.25) is 0 Å². The summed E-state index contributed by atoms with van der Waals surface area (Å²) in [6, 6.07) is 12.4. The highest BCUT2D eigenvalue weighted by Crippen LogP contribution is 2.28. The fourth-order valence-corrected chi connectivity index (χ4v) is 2.00. The Balaban J connectivity index is 2.23. The van der Waals surface area contributed by atoms with Crippen LogP contribution in [0.2, 0.25) is 0 Å². The maximum Gasteiger partial charge on any atom is 0.138 e. The maximum atomic E-state index is 4.38. The van der Waals surface area contributed by atoms with E-state index >= 15 is 0 Å². The highest BCUT2D eigenvalue weighted by molar-refractivity contribution is 5.95. The van der Waals surface area contributed by atoms with Gasteiger partial charge in [-0.2, -0.15) is 0 Å². The average molecular weight is 223 g/mol. The molecule has 0 aliphatic rings. The van der Waals surface area contributed by atoms with Gasteiger partial charge >= 0.3 is 0 Å². The number of aromatic nitrogens is 2. The number of benzene rings is 1. The number of aromatic amines is 1. The van der Waals surface area contributed by atoms with Gasteiger partial charge in [-0.15, -0.1) is 0 Å². The van der Waals surface area contributed by atoms with E-state index in [1.165, 1.54) is 11.1 Å². The van der Waals surface area contributed by atoms with Crippen molar-refractivity contribution in [3.63, 3.8) is 0 Å². The molecular formula is C14H13N3. The molecule has 0 spiro atoms. The fraction of sp³-hybridized carbons (Fsp3) is 0.0714. The lowest BCUT2D eigenvalue weighted by Crippen LogP contribution is -1.88. The van der Waals surface area contributed by atoms with Crippen molar-refractivity contribution in [2.75, 3.05) is 12.4 Å². The predicted molar refractivity (Wildman–Crippen MR) is 71.1 cm³/mol. The quantitative estimate of drug-likeness (QED) is 0.700. The molecule has 3 heteroatoms. The number of H-pyrrole nitrogens is 1. The van der Waals surface area contributed by atoms with Gasteiger partial charge in [-0.25, -0.2) is 4.98 Å². The normalized spacial score (nSPS) is 10.6. The van der Waals surface area contributed by atoms with Gasteiger partial charge < -0.3 is 10.3 Å². The van der Waals surface area contributed by atoms with Gasteiger partial charge in [0.25, 0.3) is 0 Å². The van der Waals surface area contributed by atoms with Gasteiger partial charge in [0, 0.05) is 24.2 Å². The van der Waals surface area contributed by atoms with Crippen LogP contribution in [0.1, 0.15) is 0 Å². The molecule has 0 aliphatic heterocycles. The Bertz CT molecular complexity index is 641. The van der Waals surface area contributed by atoms with Gasteiger partial charge in [0.15, 0.2) is 0 Å². The van der Waals surface area contributed by atoms with E-state index in [9.17, 15) is 0 Å². The molecule has 0 unspecified atom stereocenters. The summed E-state index contributed by atoms with van der Waals surface area (Å²) < 4.78 is 0. The fourth-order valence-electron chi connectivity index (χ4n) is 2.00. The molecule has 3 rings (SSSR count). The monoisotopic (exact) mass is 223 g/mol. The summed E-state index contributed by atoms with van der Waals surface area (Å²) in [5.74, 6) is 0. The molecule has 0 aliphatic carbocycles. The van der Waals surface area contributed by atoms with E-state index in [4.69, 9.17) is 0 Å². The minimum Gasteiger partial charge on any atom is -0.387 e. The zero-order valence-electron chi connectivity index (χ0n) is 9.57. The highest BCUT2D eigenvalue weighted by Gasteiger charge is 2.06. The molecule has 0 saturated heterocycles.